The Balaban J connectivity index is 2.25. The lowest BCUT2D eigenvalue weighted by Gasteiger charge is -2.32. The van der Waals surface area contributed by atoms with Gasteiger partial charge >= 0.3 is 23.8 Å². The number of hydrogen-bond donors (Lipinski definition) is 4. The fraction of sp³-hybridized carbons (Fsp3) is 0.333. The summed E-state index contributed by atoms with van der Waals surface area (Å²) in [5.41, 5.74) is -0.200. The molecule has 1 aliphatic rings. The predicted octanol–water partition coefficient (Wildman–Crippen LogP) is 0.277. The summed E-state index contributed by atoms with van der Waals surface area (Å²) in [6.45, 7) is 2.03. The number of phenolic OH excluding ortho intramolecular Hbond substituents is 2. The summed E-state index contributed by atoms with van der Waals surface area (Å²) >= 11 is 5.87. The van der Waals surface area contributed by atoms with Gasteiger partial charge in [0.15, 0.2) is 17.5 Å². The van der Waals surface area contributed by atoms with Crippen LogP contribution in [0.1, 0.15) is 18.5 Å². The molecule has 1 fully saturated rings. The molecule has 0 radical (unpaired) electrons. The average Bonchev–Trinajstić information content (AvgIpc) is 2.58. The number of halogens is 1. The molecule has 1 aromatic rings. The number of carbonyl (C=O) groups excluding carboxylic acids is 3. The third-order valence-electron chi connectivity index (χ3n) is 3.86. The standard InChI is InChI=1S/C15H16ClN3O7/c1-2-18-3-4-19(13(23)12(18)22)15(26)17-11(14(24)25)7-5-9(20)10(21)6-8(7)16/h5-6,11,20-21H,2-4H2,1H3,(H,17,26)(H,24,25). The summed E-state index contributed by atoms with van der Waals surface area (Å²) in [4.78, 5) is 49.6. The highest BCUT2D eigenvalue weighted by Crippen LogP contribution is 2.34. The van der Waals surface area contributed by atoms with E-state index in [9.17, 15) is 34.5 Å². The number of hydrogen-bond acceptors (Lipinski definition) is 6. The van der Waals surface area contributed by atoms with Gasteiger partial charge in [0, 0.05) is 31.3 Å². The van der Waals surface area contributed by atoms with Crippen molar-refractivity contribution in [1.82, 2.24) is 15.1 Å². The van der Waals surface area contributed by atoms with Gasteiger partial charge in [0.2, 0.25) is 0 Å². The van der Waals surface area contributed by atoms with E-state index in [1.165, 1.54) is 4.90 Å². The van der Waals surface area contributed by atoms with Crippen LogP contribution in [0.15, 0.2) is 12.1 Å². The number of nitrogens with zero attached hydrogens (tertiary/aromatic N) is 2. The number of rotatable bonds is 4. The number of carbonyl (C=O) groups is 4. The van der Waals surface area contributed by atoms with Crippen LogP contribution in [0, 0.1) is 0 Å². The smallest absolute Gasteiger partial charge is 0.331 e. The van der Waals surface area contributed by atoms with Crippen molar-refractivity contribution in [2.75, 3.05) is 19.6 Å². The first-order chi connectivity index (χ1) is 12.2. The van der Waals surface area contributed by atoms with E-state index in [2.05, 4.69) is 5.32 Å². The Hall–Kier alpha value is -3.01. The molecular weight excluding hydrogens is 370 g/mol. The maximum atomic E-state index is 12.3. The van der Waals surface area contributed by atoms with Crippen LogP contribution in [0.4, 0.5) is 4.79 Å². The van der Waals surface area contributed by atoms with Crippen molar-refractivity contribution in [3.8, 4) is 11.5 Å². The summed E-state index contributed by atoms with van der Waals surface area (Å²) in [5, 5.41) is 30.2. The number of benzene rings is 1. The quantitative estimate of drug-likeness (QED) is 0.429. The molecular formula is C15H16ClN3O7. The number of piperazine rings is 1. The topological polar surface area (TPSA) is 147 Å². The molecule has 0 bridgehead atoms. The zero-order valence-electron chi connectivity index (χ0n) is 13.6. The van der Waals surface area contributed by atoms with Crippen molar-refractivity contribution in [1.29, 1.82) is 0 Å². The second-order valence-electron chi connectivity index (χ2n) is 5.42. The molecule has 4 amide bonds. The number of carboxylic acid groups (broad SMARTS) is 1. The minimum Gasteiger partial charge on any atom is -0.504 e. The molecule has 0 saturated carbocycles. The molecule has 4 N–H and O–H groups in total. The van der Waals surface area contributed by atoms with Gasteiger partial charge in [0.25, 0.3) is 0 Å². The van der Waals surface area contributed by atoms with Gasteiger partial charge in [-0.1, -0.05) is 11.6 Å². The number of aliphatic carboxylic acids is 1. The zero-order chi connectivity index (χ0) is 19.6. The lowest BCUT2D eigenvalue weighted by molar-refractivity contribution is -0.153. The summed E-state index contributed by atoms with van der Waals surface area (Å²) in [6, 6.07) is -0.995. The van der Waals surface area contributed by atoms with Crippen molar-refractivity contribution < 1.29 is 34.5 Å². The third kappa shape index (κ3) is 3.64. The van der Waals surface area contributed by atoms with Crippen LogP contribution in [0.5, 0.6) is 11.5 Å². The van der Waals surface area contributed by atoms with E-state index in [-0.39, 0.29) is 23.7 Å². The van der Waals surface area contributed by atoms with Crippen LogP contribution in [-0.4, -0.2) is 68.6 Å². The number of amides is 4. The van der Waals surface area contributed by atoms with Crippen molar-refractivity contribution in [3.05, 3.63) is 22.7 Å². The highest BCUT2D eigenvalue weighted by molar-refractivity contribution is 6.38. The van der Waals surface area contributed by atoms with Crippen LogP contribution in [0.3, 0.4) is 0 Å². The van der Waals surface area contributed by atoms with Crippen molar-refractivity contribution in [3.63, 3.8) is 0 Å². The maximum absolute atomic E-state index is 12.3. The zero-order valence-corrected chi connectivity index (χ0v) is 14.4. The van der Waals surface area contributed by atoms with Gasteiger partial charge in [-0.25, -0.2) is 9.59 Å². The first-order valence-corrected chi connectivity index (χ1v) is 7.90. The van der Waals surface area contributed by atoms with E-state index in [0.717, 1.165) is 12.1 Å². The minimum atomic E-state index is -1.71. The number of carboxylic acids is 1. The van der Waals surface area contributed by atoms with Gasteiger partial charge < -0.3 is 25.5 Å². The Labute approximate surface area is 152 Å². The monoisotopic (exact) mass is 385 g/mol. The molecule has 140 valence electrons. The van der Waals surface area contributed by atoms with E-state index >= 15 is 0 Å². The molecule has 26 heavy (non-hydrogen) atoms. The van der Waals surface area contributed by atoms with E-state index < -0.39 is 41.4 Å². The summed E-state index contributed by atoms with van der Waals surface area (Å²) in [5.74, 6) is -4.64. The van der Waals surface area contributed by atoms with E-state index in [4.69, 9.17) is 11.6 Å². The predicted molar refractivity (Wildman–Crippen MR) is 87.7 cm³/mol. The van der Waals surface area contributed by atoms with E-state index in [1.54, 1.807) is 6.92 Å². The molecule has 1 aliphatic heterocycles. The molecule has 1 atom stereocenters. The lowest BCUT2D eigenvalue weighted by Crippen LogP contribution is -2.58. The molecule has 1 unspecified atom stereocenters. The molecule has 2 rings (SSSR count). The van der Waals surface area contributed by atoms with Crippen LogP contribution in [0.2, 0.25) is 5.02 Å². The first kappa shape index (κ1) is 19.3. The number of urea groups is 1. The molecule has 10 nitrogen and oxygen atoms in total. The Morgan fingerprint density at radius 1 is 1.19 bits per heavy atom. The number of imide groups is 1. The molecule has 0 spiro atoms. The summed E-state index contributed by atoms with van der Waals surface area (Å²) < 4.78 is 0. The number of likely N-dealkylation sites (N-methyl/N-ethyl adjacent to an activating group) is 1. The molecule has 1 aromatic carbocycles. The van der Waals surface area contributed by atoms with Gasteiger partial charge in [0.1, 0.15) is 0 Å². The Morgan fingerprint density at radius 2 is 1.81 bits per heavy atom. The molecule has 1 saturated heterocycles. The Morgan fingerprint density at radius 3 is 2.38 bits per heavy atom. The molecule has 0 aliphatic carbocycles. The van der Waals surface area contributed by atoms with Crippen LogP contribution >= 0.6 is 11.6 Å². The maximum Gasteiger partial charge on any atom is 0.331 e. The van der Waals surface area contributed by atoms with E-state index in [0.29, 0.717) is 11.4 Å². The second-order valence-corrected chi connectivity index (χ2v) is 5.83. The summed E-state index contributed by atoms with van der Waals surface area (Å²) in [7, 11) is 0. The van der Waals surface area contributed by atoms with Crippen molar-refractivity contribution in [2.24, 2.45) is 0 Å². The van der Waals surface area contributed by atoms with Crippen molar-refractivity contribution in [2.45, 2.75) is 13.0 Å². The van der Waals surface area contributed by atoms with Crippen LogP contribution < -0.4 is 5.32 Å². The van der Waals surface area contributed by atoms with Gasteiger partial charge in [-0.2, -0.15) is 0 Å². The number of nitrogens with one attached hydrogen (secondary N) is 1. The molecule has 11 heteroatoms. The number of phenols is 2. The fourth-order valence-electron chi connectivity index (χ4n) is 2.43. The summed E-state index contributed by atoms with van der Waals surface area (Å²) in [6.07, 6.45) is 0. The molecule has 1 heterocycles. The highest BCUT2D eigenvalue weighted by atomic mass is 35.5. The SMILES string of the molecule is CCN1CCN(C(=O)NC(C(=O)O)c2cc(O)c(O)cc2Cl)C(=O)C1=O. The largest absolute Gasteiger partial charge is 0.504 e. The fourth-order valence-corrected chi connectivity index (χ4v) is 2.70. The molecule has 0 aromatic heterocycles. The normalized spacial score (nSPS) is 15.8. The van der Waals surface area contributed by atoms with Gasteiger partial charge in [-0.05, 0) is 13.0 Å². The third-order valence-corrected chi connectivity index (χ3v) is 4.18. The highest BCUT2D eigenvalue weighted by Gasteiger charge is 2.37. The van der Waals surface area contributed by atoms with Gasteiger partial charge in [0.05, 0.1) is 5.02 Å². The second kappa shape index (κ2) is 7.48. The van der Waals surface area contributed by atoms with Crippen LogP contribution in [-0.2, 0) is 14.4 Å². The average molecular weight is 386 g/mol. The van der Waals surface area contributed by atoms with E-state index in [1.807, 2.05) is 0 Å². The van der Waals surface area contributed by atoms with Crippen molar-refractivity contribution >= 4 is 35.4 Å². The first-order valence-electron chi connectivity index (χ1n) is 7.52. The van der Waals surface area contributed by atoms with Gasteiger partial charge in [-0.15, -0.1) is 0 Å². The van der Waals surface area contributed by atoms with Crippen LogP contribution in [0.25, 0.3) is 0 Å². The van der Waals surface area contributed by atoms with Gasteiger partial charge in [-0.3, -0.25) is 14.5 Å². The minimum absolute atomic E-state index is 0.0921. The number of aromatic hydroxyl groups is 2. The Kier molecular flexibility index (Phi) is 5.56. The lowest BCUT2D eigenvalue weighted by atomic mass is 10.1. The Bertz CT molecular complexity index is 783.